The van der Waals surface area contributed by atoms with Crippen LogP contribution in [0.25, 0.3) is 79.3 Å². The molecule has 9 aromatic rings. The first-order valence-corrected chi connectivity index (χ1v) is 17.2. The van der Waals surface area contributed by atoms with Gasteiger partial charge in [0.25, 0.3) is 0 Å². The average Bonchev–Trinajstić information content (AvgIpc) is 3.72. The number of para-hydroxylation sites is 4. The summed E-state index contributed by atoms with van der Waals surface area (Å²) in [5.41, 5.74) is 11.0. The van der Waals surface area contributed by atoms with Gasteiger partial charge in [-0.15, -0.1) is 0 Å². The van der Waals surface area contributed by atoms with Gasteiger partial charge in [0.2, 0.25) is 0 Å². The van der Waals surface area contributed by atoms with E-state index in [9.17, 15) is 10.5 Å². The van der Waals surface area contributed by atoms with Gasteiger partial charge >= 0.3 is 0 Å². The molecule has 4 nitrogen and oxygen atoms in total. The van der Waals surface area contributed by atoms with Gasteiger partial charge < -0.3 is 9.13 Å². The summed E-state index contributed by atoms with van der Waals surface area (Å²) in [4.78, 5) is 0. The van der Waals surface area contributed by atoms with Crippen molar-refractivity contribution in [1.29, 1.82) is 10.5 Å². The second-order valence-corrected chi connectivity index (χ2v) is 12.8. The number of nitrogens with zero attached hydrogens (tertiary/aromatic N) is 4. The van der Waals surface area contributed by atoms with Crippen LogP contribution in [0, 0.1) is 22.7 Å². The minimum Gasteiger partial charge on any atom is -0.308 e. The summed E-state index contributed by atoms with van der Waals surface area (Å²) in [6.45, 7) is 0. The van der Waals surface area contributed by atoms with Crippen molar-refractivity contribution in [2.75, 3.05) is 0 Å². The molecule has 52 heavy (non-hydrogen) atoms. The monoisotopic (exact) mass is 662 g/mol. The lowest BCUT2D eigenvalue weighted by Gasteiger charge is -2.12. The SMILES string of the molecule is N#Cc1c(/C=C/c2ccc(/C=C/c3cccc(-n4c5ccccc5c5ccccc54)c3C#N)cc2)cccc1-n1c2ccccc2c2ccccc21. The summed E-state index contributed by atoms with van der Waals surface area (Å²) in [6.07, 6.45) is 8.12. The first-order valence-electron chi connectivity index (χ1n) is 17.2. The average molecular weight is 663 g/mol. The standard InChI is InChI=1S/C48H30N4/c49-31-41-35(11-9-21-47(41)51-43-17-5-1-13-37(43)38-14-2-6-18-44(38)51)29-27-33-23-25-34(26-24-33)28-30-36-12-10-22-48(42(36)32-50)52-45-19-7-3-15-39(45)40-16-4-8-20-46(40)52/h1-30H/b29-27+,30-28+. The summed E-state index contributed by atoms with van der Waals surface area (Å²) >= 11 is 0. The molecule has 2 aromatic heterocycles. The molecule has 0 spiro atoms. The second-order valence-electron chi connectivity index (χ2n) is 12.8. The van der Waals surface area contributed by atoms with Crippen LogP contribution in [0.4, 0.5) is 0 Å². The van der Waals surface area contributed by atoms with Crippen LogP contribution in [0.5, 0.6) is 0 Å². The van der Waals surface area contributed by atoms with Gasteiger partial charge in [-0.2, -0.15) is 10.5 Å². The molecule has 0 N–H and O–H groups in total. The van der Waals surface area contributed by atoms with Crippen LogP contribution in [0.1, 0.15) is 33.4 Å². The molecule has 0 unspecified atom stereocenters. The van der Waals surface area contributed by atoms with Crippen molar-refractivity contribution >= 4 is 67.9 Å². The predicted octanol–water partition coefficient (Wildman–Crippen LogP) is 12.0. The van der Waals surface area contributed by atoms with Gasteiger partial charge in [0.15, 0.2) is 0 Å². The summed E-state index contributed by atoms with van der Waals surface area (Å²) in [6, 6.07) is 58.7. The summed E-state index contributed by atoms with van der Waals surface area (Å²) in [5.74, 6) is 0. The lowest BCUT2D eigenvalue weighted by molar-refractivity contribution is 1.16. The van der Waals surface area contributed by atoms with Gasteiger partial charge in [0, 0.05) is 21.5 Å². The lowest BCUT2D eigenvalue weighted by Crippen LogP contribution is -1.99. The Morgan fingerprint density at radius 2 is 0.673 bits per heavy atom. The lowest BCUT2D eigenvalue weighted by atomic mass is 10.0. The molecule has 9 rings (SSSR count). The minimum absolute atomic E-state index is 0.626. The zero-order chi connectivity index (χ0) is 35.0. The molecule has 4 heteroatoms. The Hall–Kier alpha value is -7.40. The quantitative estimate of drug-likeness (QED) is 0.166. The van der Waals surface area contributed by atoms with Gasteiger partial charge in [-0.25, -0.2) is 0 Å². The van der Waals surface area contributed by atoms with E-state index in [-0.39, 0.29) is 0 Å². The van der Waals surface area contributed by atoms with Crippen LogP contribution in [0.15, 0.2) is 158 Å². The summed E-state index contributed by atoms with van der Waals surface area (Å²) in [7, 11) is 0. The van der Waals surface area contributed by atoms with Crippen molar-refractivity contribution in [3.63, 3.8) is 0 Å². The zero-order valence-electron chi connectivity index (χ0n) is 28.1. The first-order chi connectivity index (χ1) is 25.7. The van der Waals surface area contributed by atoms with Gasteiger partial charge in [-0.3, -0.25) is 0 Å². The van der Waals surface area contributed by atoms with E-state index in [0.717, 1.165) is 77.2 Å². The van der Waals surface area contributed by atoms with Gasteiger partial charge in [-0.1, -0.05) is 146 Å². The minimum atomic E-state index is 0.626. The zero-order valence-corrected chi connectivity index (χ0v) is 28.1. The maximum absolute atomic E-state index is 10.4. The van der Waals surface area contributed by atoms with E-state index in [1.807, 2.05) is 85.0 Å². The van der Waals surface area contributed by atoms with Gasteiger partial charge in [0.05, 0.1) is 44.6 Å². The Labute approximate surface area is 301 Å². The van der Waals surface area contributed by atoms with Crippen molar-refractivity contribution in [2.24, 2.45) is 0 Å². The normalized spacial score (nSPS) is 11.7. The number of rotatable bonds is 6. The van der Waals surface area contributed by atoms with E-state index >= 15 is 0 Å². The van der Waals surface area contributed by atoms with Crippen LogP contribution in [0.2, 0.25) is 0 Å². The number of nitriles is 2. The molecule has 0 radical (unpaired) electrons. The number of hydrogen-bond acceptors (Lipinski definition) is 2. The van der Waals surface area contributed by atoms with E-state index in [1.165, 1.54) is 0 Å². The number of fused-ring (bicyclic) bond motifs is 6. The molecule has 0 aliphatic carbocycles. The van der Waals surface area contributed by atoms with E-state index in [2.05, 4.69) is 118 Å². The van der Waals surface area contributed by atoms with Gasteiger partial charge in [-0.05, 0) is 58.7 Å². The van der Waals surface area contributed by atoms with Gasteiger partial charge in [0.1, 0.15) is 12.1 Å². The highest BCUT2D eigenvalue weighted by Gasteiger charge is 2.17. The highest BCUT2D eigenvalue weighted by molar-refractivity contribution is 6.10. The smallest absolute Gasteiger partial charge is 0.102 e. The molecule has 2 heterocycles. The third-order valence-corrected chi connectivity index (χ3v) is 9.86. The summed E-state index contributed by atoms with van der Waals surface area (Å²) < 4.78 is 4.39. The number of aromatic nitrogens is 2. The van der Waals surface area contributed by atoms with E-state index in [1.54, 1.807) is 0 Å². The molecule has 0 bridgehead atoms. The van der Waals surface area contributed by atoms with Crippen LogP contribution in [-0.4, -0.2) is 9.13 Å². The number of benzene rings is 7. The molecule has 0 amide bonds. The molecule has 242 valence electrons. The Morgan fingerprint density at radius 1 is 0.346 bits per heavy atom. The van der Waals surface area contributed by atoms with Crippen molar-refractivity contribution in [1.82, 2.24) is 9.13 Å². The molecule has 0 saturated carbocycles. The van der Waals surface area contributed by atoms with Crippen molar-refractivity contribution in [3.8, 4) is 23.5 Å². The van der Waals surface area contributed by atoms with Crippen molar-refractivity contribution in [2.45, 2.75) is 0 Å². The second kappa shape index (κ2) is 12.8. The molecule has 0 aliphatic heterocycles. The summed E-state index contributed by atoms with van der Waals surface area (Å²) in [5, 5.41) is 25.5. The Balaban J connectivity index is 1.01. The molecule has 7 aromatic carbocycles. The topological polar surface area (TPSA) is 57.4 Å². The molecule has 0 atom stereocenters. The van der Waals surface area contributed by atoms with Crippen LogP contribution in [-0.2, 0) is 0 Å². The largest absolute Gasteiger partial charge is 0.308 e. The van der Waals surface area contributed by atoms with E-state index in [0.29, 0.717) is 11.1 Å². The van der Waals surface area contributed by atoms with E-state index in [4.69, 9.17) is 0 Å². The van der Waals surface area contributed by atoms with Crippen LogP contribution in [0.3, 0.4) is 0 Å². The maximum atomic E-state index is 10.4. The fourth-order valence-corrected chi connectivity index (χ4v) is 7.46. The fourth-order valence-electron chi connectivity index (χ4n) is 7.46. The van der Waals surface area contributed by atoms with Crippen molar-refractivity contribution in [3.05, 3.63) is 191 Å². The fraction of sp³-hybridized carbons (Fsp3) is 0. The molecular formula is C48H30N4. The third kappa shape index (κ3) is 5.07. The molecule has 0 saturated heterocycles. The van der Waals surface area contributed by atoms with Crippen LogP contribution >= 0.6 is 0 Å². The Morgan fingerprint density at radius 3 is 1.00 bits per heavy atom. The number of hydrogen-bond donors (Lipinski definition) is 0. The molecule has 0 fully saturated rings. The highest BCUT2D eigenvalue weighted by atomic mass is 15.0. The highest BCUT2D eigenvalue weighted by Crippen LogP contribution is 2.35. The predicted molar refractivity (Wildman–Crippen MR) is 215 cm³/mol. The van der Waals surface area contributed by atoms with E-state index < -0.39 is 0 Å². The Bertz CT molecular complexity index is 2660. The third-order valence-electron chi connectivity index (χ3n) is 9.86. The molecule has 0 aliphatic rings. The Kier molecular flexibility index (Phi) is 7.55. The van der Waals surface area contributed by atoms with Crippen LogP contribution < -0.4 is 0 Å². The first kappa shape index (κ1) is 30.6. The molecular weight excluding hydrogens is 633 g/mol. The van der Waals surface area contributed by atoms with Crippen molar-refractivity contribution < 1.29 is 0 Å². The maximum Gasteiger partial charge on any atom is 0.102 e.